The Hall–Kier alpha value is -1.32. The molecule has 0 saturated heterocycles. The fourth-order valence-corrected chi connectivity index (χ4v) is 0.809. The van der Waals surface area contributed by atoms with E-state index in [1.54, 1.807) is 0 Å². The van der Waals surface area contributed by atoms with Crippen molar-refractivity contribution in [2.24, 2.45) is 0 Å². The molecule has 0 heterocycles. The molecule has 0 unspecified atom stereocenters. The number of rotatable bonds is 2. The van der Waals surface area contributed by atoms with Gasteiger partial charge in [-0.15, -0.1) is 0 Å². The second-order valence-electron chi connectivity index (χ2n) is 2.23. The zero-order chi connectivity index (χ0) is 9.14. The third-order valence-electron chi connectivity index (χ3n) is 1.43. The molecule has 0 spiro atoms. The standard InChI is InChI=1S/C8H6F3N/c9-7-2-1-5(8(10)11)3-6(7)4-12/h1-4,8,12H. The first-order valence-electron chi connectivity index (χ1n) is 3.23. The second kappa shape index (κ2) is 3.38. The van der Waals surface area contributed by atoms with Crippen LogP contribution in [0.3, 0.4) is 0 Å². The fraction of sp³-hybridized carbons (Fsp3) is 0.125. The number of alkyl halides is 2. The van der Waals surface area contributed by atoms with Crippen molar-refractivity contribution < 1.29 is 13.2 Å². The summed E-state index contributed by atoms with van der Waals surface area (Å²) in [5.41, 5.74) is -0.386. The van der Waals surface area contributed by atoms with Gasteiger partial charge in [0.1, 0.15) is 5.82 Å². The van der Waals surface area contributed by atoms with Crippen LogP contribution in [0.1, 0.15) is 17.6 Å². The third kappa shape index (κ3) is 1.64. The van der Waals surface area contributed by atoms with Crippen molar-refractivity contribution in [2.75, 3.05) is 0 Å². The lowest BCUT2D eigenvalue weighted by Crippen LogP contribution is -1.91. The summed E-state index contributed by atoms with van der Waals surface area (Å²) in [6.07, 6.45) is -1.91. The lowest BCUT2D eigenvalue weighted by Gasteiger charge is -2.00. The zero-order valence-corrected chi connectivity index (χ0v) is 6.02. The topological polar surface area (TPSA) is 23.9 Å². The van der Waals surface area contributed by atoms with Gasteiger partial charge >= 0.3 is 0 Å². The van der Waals surface area contributed by atoms with Crippen LogP contribution in [0.15, 0.2) is 18.2 Å². The lowest BCUT2D eigenvalue weighted by molar-refractivity contribution is 0.151. The number of hydrogen-bond donors (Lipinski definition) is 1. The van der Waals surface area contributed by atoms with E-state index in [4.69, 9.17) is 5.41 Å². The van der Waals surface area contributed by atoms with E-state index in [-0.39, 0.29) is 11.1 Å². The van der Waals surface area contributed by atoms with Crippen LogP contribution in [0.5, 0.6) is 0 Å². The lowest BCUT2D eigenvalue weighted by atomic mass is 10.1. The van der Waals surface area contributed by atoms with E-state index in [0.29, 0.717) is 6.21 Å². The van der Waals surface area contributed by atoms with E-state index in [9.17, 15) is 13.2 Å². The maximum atomic E-state index is 12.6. The molecule has 64 valence electrons. The van der Waals surface area contributed by atoms with E-state index in [1.165, 1.54) is 0 Å². The van der Waals surface area contributed by atoms with Crippen molar-refractivity contribution in [3.8, 4) is 0 Å². The molecule has 1 nitrogen and oxygen atoms in total. The molecule has 0 saturated carbocycles. The Morgan fingerprint density at radius 1 is 1.33 bits per heavy atom. The van der Waals surface area contributed by atoms with Crippen molar-refractivity contribution in [2.45, 2.75) is 6.43 Å². The molecule has 1 aromatic carbocycles. The van der Waals surface area contributed by atoms with Crippen LogP contribution < -0.4 is 0 Å². The number of halogens is 3. The molecule has 0 atom stereocenters. The molecular weight excluding hydrogens is 167 g/mol. The summed E-state index contributed by atoms with van der Waals surface area (Å²) in [5.74, 6) is -0.658. The van der Waals surface area contributed by atoms with Gasteiger partial charge < -0.3 is 5.41 Å². The quantitative estimate of drug-likeness (QED) is 0.665. The monoisotopic (exact) mass is 173 g/mol. The molecule has 0 aliphatic carbocycles. The Labute approximate surface area is 67.3 Å². The predicted molar refractivity (Wildman–Crippen MR) is 39.2 cm³/mol. The van der Waals surface area contributed by atoms with Gasteiger partial charge in [0.15, 0.2) is 0 Å². The second-order valence-corrected chi connectivity index (χ2v) is 2.23. The van der Waals surface area contributed by atoms with Crippen molar-refractivity contribution in [3.05, 3.63) is 35.1 Å². The van der Waals surface area contributed by atoms with Gasteiger partial charge in [-0.2, -0.15) is 0 Å². The van der Waals surface area contributed by atoms with Crippen LogP contribution in [0.4, 0.5) is 13.2 Å². The highest BCUT2D eigenvalue weighted by atomic mass is 19.3. The summed E-state index contributed by atoms with van der Waals surface area (Å²) in [4.78, 5) is 0. The van der Waals surface area contributed by atoms with Gasteiger partial charge in [-0.1, -0.05) is 6.07 Å². The highest BCUT2D eigenvalue weighted by Gasteiger charge is 2.08. The molecule has 0 aliphatic rings. The number of nitrogens with one attached hydrogen (secondary N) is 1. The molecule has 0 aliphatic heterocycles. The first-order chi connectivity index (χ1) is 5.65. The molecule has 1 rings (SSSR count). The number of hydrogen-bond acceptors (Lipinski definition) is 1. The Balaban J connectivity index is 3.13. The molecule has 0 fully saturated rings. The van der Waals surface area contributed by atoms with Crippen LogP contribution in [0, 0.1) is 11.2 Å². The summed E-state index contributed by atoms with van der Waals surface area (Å²) in [6, 6.07) is 2.90. The van der Waals surface area contributed by atoms with E-state index < -0.39 is 12.2 Å². The minimum Gasteiger partial charge on any atom is -0.308 e. The maximum Gasteiger partial charge on any atom is 0.263 e. The fourth-order valence-electron chi connectivity index (χ4n) is 0.809. The Bertz CT molecular complexity index is 296. The van der Waals surface area contributed by atoms with Crippen LogP contribution >= 0.6 is 0 Å². The molecule has 0 bridgehead atoms. The smallest absolute Gasteiger partial charge is 0.263 e. The van der Waals surface area contributed by atoms with Crippen LogP contribution in [0.2, 0.25) is 0 Å². The van der Waals surface area contributed by atoms with Crippen LogP contribution in [0.25, 0.3) is 0 Å². The summed E-state index contributed by atoms with van der Waals surface area (Å²) in [6.45, 7) is 0. The molecule has 0 radical (unpaired) electrons. The summed E-state index contributed by atoms with van der Waals surface area (Å²) < 4.78 is 36.7. The minimum absolute atomic E-state index is 0.118. The van der Waals surface area contributed by atoms with Gasteiger partial charge in [0.2, 0.25) is 0 Å². The average Bonchev–Trinajstić information content (AvgIpc) is 2.05. The minimum atomic E-state index is -2.62. The Kier molecular flexibility index (Phi) is 2.47. The van der Waals surface area contributed by atoms with Crippen molar-refractivity contribution >= 4 is 6.21 Å². The maximum absolute atomic E-state index is 12.6. The van der Waals surface area contributed by atoms with Gasteiger partial charge in [0.05, 0.1) is 0 Å². The average molecular weight is 173 g/mol. The Morgan fingerprint density at radius 2 is 2.00 bits per heavy atom. The Morgan fingerprint density at radius 3 is 2.50 bits per heavy atom. The van der Waals surface area contributed by atoms with Crippen molar-refractivity contribution in [1.82, 2.24) is 0 Å². The molecule has 0 amide bonds. The van der Waals surface area contributed by atoms with Crippen LogP contribution in [-0.2, 0) is 0 Å². The summed E-state index contributed by atoms with van der Waals surface area (Å²) in [7, 11) is 0. The van der Waals surface area contributed by atoms with E-state index in [1.807, 2.05) is 0 Å². The SMILES string of the molecule is N=Cc1cc(C(F)F)ccc1F. The predicted octanol–water partition coefficient (Wildman–Crippen LogP) is 2.76. The van der Waals surface area contributed by atoms with Gasteiger partial charge in [0.25, 0.3) is 6.43 Å². The molecule has 1 N–H and O–H groups in total. The van der Waals surface area contributed by atoms with E-state index in [2.05, 4.69) is 0 Å². The summed E-state index contributed by atoms with van der Waals surface area (Å²) >= 11 is 0. The largest absolute Gasteiger partial charge is 0.308 e. The van der Waals surface area contributed by atoms with Crippen molar-refractivity contribution in [3.63, 3.8) is 0 Å². The molecular formula is C8H6F3N. The van der Waals surface area contributed by atoms with Gasteiger partial charge in [-0.25, -0.2) is 13.2 Å². The zero-order valence-electron chi connectivity index (χ0n) is 6.02. The van der Waals surface area contributed by atoms with E-state index >= 15 is 0 Å². The van der Waals surface area contributed by atoms with Gasteiger partial charge in [0, 0.05) is 17.3 Å². The molecule has 0 aromatic heterocycles. The normalized spacial score (nSPS) is 10.3. The first kappa shape index (κ1) is 8.77. The van der Waals surface area contributed by atoms with Gasteiger partial charge in [-0.3, -0.25) is 0 Å². The summed E-state index contributed by atoms with van der Waals surface area (Å²) in [5, 5.41) is 6.71. The van der Waals surface area contributed by atoms with Crippen LogP contribution in [-0.4, -0.2) is 6.21 Å². The third-order valence-corrected chi connectivity index (χ3v) is 1.43. The van der Waals surface area contributed by atoms with Gasteiger partial charge in [-0.05, 0) is 12.1 Å². The molecule has 4 heteroatoms. The highest BCUT2D eigenvalue weighted by molar-refractivity contribution is 5.77. The van der Waals surface area contributed by atoms with Crippen molar-refractivity contribution in [1.29, 1.82) is 5.41 Å². The highest BCUT2D eigenvalue weighted by Crippen LogP contribution is 2.20. The first-order valence-corrected chi connectivity index (χ1v) is 3.23. The van der Waals surface area contributed by atoms with E-state index in [0.717, 1.165) is 18.2 Å². The molecule has 1 aromatic rings. The molecule has 12 heavy (non-hydrogen) atoms. The number of benzene rings is 1.